The van der Waals surface area contributed by atoms with Gasteiger partial charge in [0.05, 0.1) is 25.3 Å². The summed E-state index contributed by atoms with van der Waals surface area (Å²) in [6.07, 6.45) is 0. The van der Waals surface area contributed by atoms with Crippen LogP contribution in [0.3, 0.4) is 0 Å². The van der Waals surface area contributed by atoms with Gasteiger partial charge in [-0.2, -0.15) is 0 Å². The number of primary amides is 1. The van der Waals surface area contributed by atoms with Gasteiger partial charge < -0.3 is 20.5 Å². The van der Waals surface area contributed by atoms with Crippen LogP contribution in [0.2, 0.25) is 0 Å². The number of carbonyl (C=O) groups excluding carboxylic acids is 2. The van der Waals surface area contributed by atoms with E-state index in [1.54, 1.807) is 30.3 Å². The van der Waals surface area contributed by atoms with Crippen molar-refractivity contribution in [2.45, 2.75) is 0 Å². The largest absolute Gasteiger partial charge is 0.493 e. The molecule has 0 radical (unpaired) electrons. The van der Waals surface area contributed by atoms with Crippen molar-refractivity contribution in [2.75, 3.05) is 19.5 Å². The predicted molar refractivity (Wildman–Crippen MR) is 82.5 cm³/mol. The lowest BCUT2D eigenvalue weighted by atomic mass is 10.1. The van der Waals surface area contributed by atoms with Gasteiger partial charge in [0.15, 0.2) is 11.5 Å². The average Bonchev–Trinajstić information content (AvgIpc) is 2.54. The van der Waals surface area contributed by atoms with Gasteiger partial charge in [-0.05, 0) is 24.3 Å². The van der Waals surface area contributed by atoms with Crippen molar-refractivity contribution in [3.05, 3.63) is 53.6 Å². The van der Waals surface area contributed by atoms with Crippen molar-refractivity contribution in [3.63, 3.8) is 0 Å². The molecule has 6 nitrogen and oxygen atoms in total. The molecule has 114 valence electrons. The summed E-state index contributed by atoms with van der Waals surface area (Å²) in [6.45, 7) is 0. The van der Waals surface area contributed by atoms with Gasteiger partial charge in [-0.1, -0.05) is 12.1 Å². The van der Waals surface area contributed by atoms with Crippen molar-refractivity contribution in [2.24, 2.45) is 5.73 Å². The number of nitrogens with one attached hydrogen (secondary N) is 1. The van der Waals surface area contributed by atoms with Gasteiger partial charge in [-0.3, -0.25) is 9.59 Å². The van der Waals surface area contributed by atoms with Crippen LogP contribution in [-0.2, 0) is 0 Å². The highest BCUT2D eigenvalue weighted by Gasteiger charge is 2.15. The van der Waals surface area contributed by atoms with Crippen molar-refractivity contribution in [3.8, 4) is 11.5 Å². The minimum atomic E-state index is -0.655. The number of ether oxygens (including phenoxy) is 2. The summed E-state index contributed by atoms with van der Waals surface area (Å²) >= 11 is 0. The Hall–Kier alpha value is -3.02. The topological polar surface area (TPSA) is 90.6 Å². The minimum absolute atomic E-state index is 0.167. The maximum Gasteiger partial charge on any atom is 0.256 e. The summed E-state index contributed by atoms with van der Waals surface area (Å²) in [5, 5.41) is 2.70. The SMILES string of the molecule is COc1ccc(NC(=O)c2ccccc2C(N)=O)cc1OC. The van der Waals surface area contributed by atoms with Crippen LogP contribution in [0, 0.1) is 0 Å². The molecule has 0 aliphatic rings. The van der Waals surface area contributed by atoms with Gasteiger partial charge in [-0.25, -0.2) is 0 Å². The molecule has 0 bridgehead atoms. The van der Waals surface area contributed by atoms with E-state index in [0.717, 1.165) is 0 Å². The Morgan fingerprint density at radius 3 is 2.18 bits per heavy atom. The molecule has 0 saturated carbocycles. The van der Waals surface area contributed by atoms with E-state index in [0.29, 0.717) is 17.2 Å². The molecule has 22 heavy (non-hydrogen) atoms. The Morgan fingerprint density at radius 2 is 1.59 bits per heavy atom. The maximum atomic E-state index is 12.3. The molecule has 0 atom stereocenters. The monoisotopic (exact) mass is 300 g/mol. The first kappa shape index (κ1) is 15.4. The zero-order valence-corrected chi connectivity index (χ0v) is 12.3. The van der Waals surface area contributed by atoms with Crippen LogP contribution in [0.15, 0.2) is 42.5 Å². The highest BCUT2D eigenvalue weighted by molar-refractivity contribution is 6.11. The highest BCUT2D eigenvalue weighted by Crippen LogP contribution is 2.30. The van der Waals surface area contributed by atoms with Crippen molar-refractivity contribution < 1.29 is 19.1 Å². The molecule has 0 saturated heterocycles. The second-order valence-electron chi connectivity index (χ2n) is 4.43. The second-order valence-corrected chi connectivity index (χ2v) is 4.43. The molecule has 6 heteroatoms. The van der Waals surface area contributed by atoms with Gasteiger partial charge in [-0.15, -0.1) is 0 Å². The Labute approximate surface area is 127 Å². The number of anilines is 1. The molecule has 0 unspecified atom stereocenters. The first-order valence-electron chi connectivity index (χ1n) is 6.49. The molecule has 0 aliphatic carbocycles. The van der Waals surface area contributed by atoms with E-state index in [2.05, 4.69) is 5.32 Å². The Balaban J connectivity index is 2.28. The lowest BCUT2D eigenvalue weighted by Gasteiger charge is -2.11. The number of rotatable bonds is 5. The van der Waals surface area contributed by atoms with Gasteiger partial charge in [0, 0.05) is 11.8 Å². The third-order valence-corrected chi connectivity index (χ3v) is 3.08. The average molecular weight is 300 g/mol. The highest BCUT2D eigenvalue weighted by atomic mass is 16.5. The number of carbonyl (C=O) groups is 2. The van der Waals surface area contributed by atoms with Crippen LogP contribution in [0.4, 0.5) is 5.69 Å². The van der Waals surface area contributed by atoms with Gasteiger partial charge in [0.2, 0.25) is 5.91 Å². The lowest BCUT2D eigenvalue weighted by molar-refractivity contribution is 0.0977. The van der Waals surface area contributed by atoms with Gasteiger partial charge >= 0.3 is 0 Å². The van der Waals surface area contributed by atoms with Crippen LogP contribution >= 0.6 is 0 Å². The first-order valence-corrected chi connectivity index (χ1v) is 6.49. The van der Waals surface area contributed by atoms with Gasteiger partial charge in [0.25, 0.3) is 5.91 Å². The van der Waals surface area contributed by atoms with E-state index in [-0.39, 0.29) is 11.1 Å². The fourth-order valence-corrected chi connectivity index (χ4v) is 2.01. The summed E-state index contributed by atoms with van der Waals surface area (Å²) in [5.74, 6) is -0.0406. The van der Waals surface area contributed by atoms with E-state index in [1.807, 2.05) is 0 Å². The maximum absolute atomic E-state index is 12.3. The number of benzene rings is 2. The molecule has 0 heterocycles. The molecule has 2 amide bonds. The molecule has 0 aliphatic heterocycles. The van der Waals surface area contributed by atoms with Crippen LogP contribution in [-0.4, -0.2) is 26.0 Å². The molecule has 0 aromatic heterocycles. The Kier molecular flexibility index (Phi) is 4.63. The molecule has 0 fully saturated rings. The summed E-state index contributed by atoms with van der Waals surface area (Å²) in [5.41, 5.74) is 6.17. The summed E-state index contributed by atoms with van der Waals surface area (Å²) in [7, 11) is 3.03. The summed E-state index contributed by atoms with van der Waals surface area (Å²) in [4.78, 5) is 23.7. The third-order valence-electron chi connectivity index (χ3n) is 3.08. The zero-order chi connectivity index (χ0) is 16.1. The van der Waals surface area contributed by atoms with Crippen molar-refractivity contribution in [1.29, 1.82) is 0 Å². The number of methoxy groups -OCH3 is 2. The van der Waals surface area contributed by atoms with Crippen LogP contribution in [0.1, 0.15) is 20.7 Å². The third kappa shape index (κ3) is 3.17. The predicted octanol–water partition coefficient (Wildman–Crippen LogP) is 2.05. The van der Waals surface area contributed by atoms with E-state index in [9.17, 15) is 9.59 Å². The van der Waals surface area contributed by atoms with E-state index < -0.39 is 11.8 Å². The number of hydrogen-bond acceptors (Lipinski definition) is 4. The van der Waals surface area contributed by atoms with Crippen LogP contribution in [0.25, 0.3) is 0 Å². The van der Waals surface area contributed by atoms with Crippen molar-refractivity contribution >= 4 is 17.5 Å². The molecule has 2 aromatic rings. The minimum Gasteiger partial charge on any atom is -0.493 e. The zero-order valence-electron chi connectivity index (χ0n) is 12.3. The fraction of sp³-hybridized carbons (Fsp3) is 0.125. The lowest BCUT2D eigenvalue weighted by Crippen LogP contribution is -2.20. The number of nitrogens with two attached hydrogens (primary N) is 1. The number of hydrogen-bond donors (Lipinski definition) is 2. The first-order chi connectivity index (χ1) is 10.6. The Bertz CT molecular complexity index is 713. The smallest absolute Gasteiger partial charge is 0.256 e. The van der Waals surface area contributed by atoms with E-state index in [4.69, 9.17) is 15.2 Å². The second kappa shape index (κ2) is 6.62. The van der Waals surface area contributed by atoms with Crippen LogP contribution < -0.4 is 20.5 Å². The summed E-state index contributed by atoms with van der Waals surface area (Å²) < 4.78 is 10.3. The molecule has 0 spiro atoms. The number of amides is 2. The Morgan fingerprint density at radius 1 is 0.955 bits per heavy atom. The van der Waals surface area contributed by atoms with E-state index >= 15 is 0 Å². The molecule has 3 N–H and O–H groups in total. The molecule has 2 aromatic carbocycles. The van der Waals surface area contributed by atoms with Crippen molar-refractivity contribution in [1.82, 2.24) is 0 Å². The fourth-order valence-electron chi connectivity index (χ4n) is 2.01. The quantitative estimate of drug-likeness (QED) is 0.884. The molecular weight excluding hydrogens is 284 g/mol. The van der Waals surface area contributed by atoms with Crippen LogP contribution in [0.5, 0.6) is 11.5 Å². The normalized spacial score (nSPS) is 9.91. The van der Waals surface area contributed by atoms with E-state index in [1.165, 1.54) is 26.4 Å². The summed E-state index contributed by atoms with van der Waals surface area (Å²) in [6, 6.07) is 11.3. The molecular formula is C16H16N2O4. The van der Waals surface area contributed by atoms with Gasteiger partial charge in [0.1, 0.15) is 0 Å². The standard InChI is InChI=1S/C16H16N2O4/c1-21-13-8-7-10(9-14(13)22-2)18-16(20)12-6-4-3-5-11(12)15(17)19/h3-9H,1-2H3,(H2,17,19)(H,18,20). The molecule has 2 rings (SSSR count).